The summed E-state index contributed by atoms with van der Waals surface area (Å²) in [5, 5.41) is -0.0975. The quantitative estimate of drug-likeness (QED) is 0.680. The predicted molar refractivity (Wildman–Crippen MR) is 54.5 cm³/mol. The van der Waals surface area contributed by atoms with Crippen molar-refractivity contribution in [3.05, 3.63) is 0 Å². The van der Waals surface area contributed by atoms with Crippen molar-refractivity contribution in [3.63, 3.8) is 0 Å². The molecule has 0 atom stereocenters. The normalized spacial score (nSPS) is 20.6. The van der Waals surface area contributed by atoms with Gasteiger partial charge in [-0.25, -0.2) is 8.42 Å². The number of hydrogen-bond donors (Lipinski definition) is 0. The average molecular weight is 205 g/mol. The van der Waals surface area contributed by atoms with Crippen LogP contribution < -0.4 is 0 Å². The molecule has 1 saturated heterocycles. The van der Waals surface area contributed by atoms with Crippen LogP contribution in [0, 0.1) is 5.92 Å². The number of sulfone groups is 1. The van der Waals surface area contributed by atoms with Crippen molar-refractivity contribution in [3.8, 4) is 0 Å². The largest absolute Gasteiger partial charge is 0.301 e. The standard InChI is InChI=1S/C9H19NO2S/c1-8(2)4-5-10-6-9(7-10)13(3,11)12/h8-9H,4-7H2,1-3H3. The van der Waals surface area contributed by atoms with E-state index in [-0.39, 0.29) is 5.25 Å². The zero-order valence-electron chi connectivity index (χ0n) is 8.66. The van der Waals surface area contributed by atoms with E-state index in [4.69, 9.17) is 0 Å². The Hall–Kier alpha value is -0.0900. The summed E-state index contributed by atoms with van der Waals surface area (Å²) in [5.74, 6) is 0.706. The molecular formula is C9H19NO2S. The molecule has 0 spiro atoms. The Morgan fingerprint density at radius 3 is 2.31 bits per heavy atom. The van der Waals surface area contributed by atoms with Gasteiger partial charge in [-0.3, -0.25) is 0 Å². The molecule has 4 heteroatoms. The summed E-state index contributed by atoms with van der Waals surface area (Å²) in [4.78, 5) is 2.21. The molecule has 0 bridgehead atoms. The molecule has 13 heavy (non-hydrogen) atoms. The van der Waals surface area contributed by atoms with Crippen molar-refractivity contribution in [2.24, 2.45) is 5.92 Å². The zero-order valence-corrected chi connectivity index (χ0v) is 9.47. The maximum atomic E-state index is 11.1. The number of likely N-dealkylation sites (tertiary alicyclic amines) is 1. The Labute approximate surface area is 81.0 Å². The lowest BCUT2D eigenvalue weighted by Gasteiger charge is -2.38. The van der Waals surface area contributed by atoms with Gasteiger partial charge in [-0.15, -0.1) is 0 Å². The Morgan fingerprint density at radius 1 is 1.38 bits per heavy atom. The minimum atomic E-state index is -2.78. The van der Waals surface area contributed by atoms with Crippen molar-refractivity contribution in [1.29, 1.82) is 0 Å². The predicted octanol–water partition coefficient (Wildman–Crippen LogP) is 0.761. The Morgan fingerprint density at radius 2 is 1.92 bits per heavy atom. The van der Waals surface area contributed by atoms with Gasteiger partial charge in [0, 0.05) is 19.3 Å². The first-order valence-corrected chi connectivity index (χ1v) is 6.76. The van der Waals surface area contributed by atoms with Gasteiger partial charge >= 0.3 is 0 Å². The number of rotatable bonds is 4. The van der Waals surface area contributed by atoms with Crippen LogP contribution in [0.1, 0.15) is 20.3 Å². The van der Waals surface area contributed by atoms with Gasteiger partial charge in [0.1, 0.15) is 0 Å². The molecule has 1 aliphatic heterocycles. The van der Waals surface area contributed by atoms with Gasteiger partial charge in [0.05, 0.1) is 5.25 Å². The van der Waals surface area contributed by atoms with Gasteiger partial charge in [0.25, 0.3) is 0 Å². The van der Waals surface area contributed by atoms with Crippen LogP contribution >= 0.6 is 0 Å². The third-order valence-electron chi connectivity index (χ3n) is 2.55. The molecule has 0 N–H and O–H groups in total. The van der Waals surface area contributed by atoms with Crippen LogP contribution in [-0.2, 0) is 9.84 Å². The molecule has 1 aliphatic rings. The van der Waals surface area contributed by atoms with Crippen LogP contribution in [0.5, 0.6) is 0 Å². The second-order valence-electron chi connectivity index (χ2n) is 4.39. The maximum Gasteiger partial charge on any atom is 0.152 e. The first-order chi connectivity index (χ1) is 5.89. The van der Waals surface area contributed by atoms with Crippen molar-refractivity contribution in [2.45, 2.75) is 25.5 Å². The molecule has 0 aliphatic carbocycles. The molecule has 0 saturated carbocycles. The van der Waals surface area contributed by atoms with Crippen LogP contribution in [0.2, 0.25) is 0 Å². The monoisotopic (exact) mass is 205 g/mol. The molecule has 0 amide bonds. The molecular weight excluding hydrogens is 186 g/mol. The van der Waals surface area contributed by atoms with Crippen LogP contribution in [-0.4, -0.2) is 44.5 Å². The summed E-state index contributed by atoms with van der Waals surface area (Å²) in [6, 6.07) is 0. The highest BCUT2D eigenvalue weighted by atomic mass is 32.2. The number of hydrogen-bond acceptors (Lipinski definition) is 3. The van der Waals surface area contributed by atoms with Crippen molar-refractivity contribution < 1.29 is 8.42 Å². The van der Waals surface area contributed by atoms with Crippen LogP contribution in [0.3, 0.4) is 0 Å². The van der Waals surface area contributed by atoms with Gasteiger partial charge in [-0.1, -0.05) is 13.8 Å². The van der Waals surface area contributed by atoms with Crippen molar-refractivity contribution in [2.75, 3.05) is 25.9 Å². The Kier molecular flexibility index (Phi) is 3.35. The molecule has 1 rings (SSSR count). The van der Waals surface area contributed by atoms with Gasteiger partial charge in [-0.2, -0.15) is 0 Å². The van der Waals surface area contributed by atoms with E-state index in [0.29, 0.717) is 5.92 Å². The maximum absolute atomic E-state index is 11.1. The second kappa shape index (κ2) is 3.96. The molecule has 0 aromatic carbocycles. The fraction of sp³-hybridized carbons (Fsp3) is 1.00. The second-order valence-corrected chi connectivity index (χ2v) is 6.72. The van der Waals surface area contributed by atoms with Crippen LogP contribution in [0.4, 0.5) is 0 Å². The van der Waals surface area contributed by atoms with Gasteiger partial charge in [-0.05, 0) is 18.9 Å². The van der Waals surface area contributed by atoms with E-state index >= 15 is 0 Å². The Balaban J connectivity index is 2.19. The smallest absolute Gasteiger partial charge is 0.152 e. The van der Waals surface area contributed by atoms with E-state index in [1.54, 1.807) is 0 Å². The summed E-state index contributed by atoms with van der Waals surface area (Å²) >= 11 is 0. The minimum absolute atomic E-state index is 0.0975. The van der Waals surface area contributed by atoms with Gasteiger partial charge in [0.2, 0.25) is 0 Å². The number of nitrogens with zero attached hydrogens (tertiary/aromatic N) is 1. The Bertz CT molecular complexity index is 253. The molecule has 1 heterocycles. The summed E-state index contributed by atoms with van der Waals surface area (Å²) in [5.41, 5.74) is 0. The van der Waals surface area contributed by atoms with E-state index in [0.717, 1.165) is 26.1 Å². The molecule has 1 fully saturated rings. The molecule has 3 nitrogen and oxygen atoms in total. The van der Waals surface area contributed by atoms with Crippen LogP contribution in [0.25, 0.3) is 0 Å². The van der Waals surface area contributed by atoms with E-state index in [1.165, 1.54) is 6.26 Å². The molecule has 0 aromatic heterocycles. The summed E-state index contributed by atoms with van der Waals surface area (Å²) < 4.78 is 22.1. The van der Waals surface area contributed by atoms with Gasteiger partial charge < -0.3 is 4.90 Å². The lowest BCUT2D eigenvalue weighted by molar-refractivity contribution is 0.175. The summed E-state index contributed by atoms with van der Waals surface area (Å²) in [6.07, 6.45) is 2.49. The third-order valence-corrected chi connectivity index (χ3v) is 4.06. The fourth-order valence-corrected chi connectivity index (χ4v) is 2.38. The van der Waals surface area contributed by atoms with E-state index < -0.39 is 9.84 Å². The highest BCUT2D eigenvalue weighted by molar-refractivity contribution is 7.91. The van der Waals surface area contributed by atoms with E-state index in [2.05, 4.69) is 18.7 Å². The third kappa shape index (κ3) is 3.27. The fourth-order valence-electron chi connectivity index (χ4n) is 1.42. The minimum Gasteiger partial charge on any atom is -0.301 e. The van der Waals surface area contributed by atoms with Gasteiger partial charge in [0.15, 0.2) is 9.84 Å². The molecule has 0 aromatic rings. The topological polar surface area (TPSA) is 37.4 Å². The zero-order chi connectivity index (χ0) is 10.1. The van der Waals surface area contributed by atoms with Crippen molar-refractivity contribution in [1.82, 2.24) is 4.90 Å². The highest BCUT2D eigenvalue weighted by Crippen LogP contribution is 2.16. The first kappa shape index (κ1) is 11.0. The molecule has 0 unspecified atom stereocenters. The van der Waals surface area contributed by atoms with Crippen molar-refractivity contribution >= 4 is 9.84 Å². The van der Waals surface area contributed by atoms with E-state index in [1.807, 2.05) is 0 Å². The average Bonchev–Trinajstić information content (AvgIpc) is 1.79. The molecule has 78 valence electrons. The summed E-state index contributed by atoms with van der Waals surface area (Å²) in [6.45, 7) is 6.91. The highest BCUT2D eigenvalue weighted by Gasteiger charge is 2.33. The lowest BCUT2D eigenvalue weighted by atomic mass is 10.1. The molecule has 0 radical (unpaired) electrons. The van der Waals surface area contributed by atoms with Crippen LogP contribution in [0.15, 0.2) is 0 Å². The lowest BCUT2D eigenvalue weighted by Crippen LogP contribution is -2.54. The first-order valence-electron chi connectivity index (χ1n) is 4.81. The SMILES string of the molecule is CC(C)CCN1CC(S(C)(=O)=O)C1. The van der Waals surface area contributed by atoms with E-state index in [9.17, 15) is 8.42 Å². The summed E-state index contributed by atoms with van der Waals surface area (Å²) in [7, 11) is -2.78.